The Morgan fingerprint density at radius 2 is 1.53 bits per heavy atom. The Morgan fingerprint density at radius 1 is 1.11 bits per heavy atom. The fourth-order valence-electron chi connectivity index (χ4n) is 2.02. The molecule has 0 aliphatic carbocycles. The minimum atomic E-state index is -0.879. The number of carboxylic acids is 1. The third-order valence-electron chi connectivity index (χ3n) is 4.07. The summed E-state index contributed by atoms with van der Waals surface area (Å²) in [5, 5.41) is 9.28. The summed E-state index contributed by atoms with van der Waals surface area (Å²) < 4.78 is 0. The molecule has 0 saturated carbocycles. The molecular weight excluding hydrogens is 238 g/mol. The highest BCUT2D eigenvalue weighted by Gasteiger charge is 2.35. The van der Waals surface area contributed by atoms with Crippen molar-refractivity contribution in [2.75, 3.05) is 7.05 Å². The third kappa shape index (κ3) is 3.35. The van der Waals surface area contributed by atoms with Gasteiger partial charge in [0.15, 0.2) is 0 Å². The molecule has 0 heterocycles. The zero-order valence-corrected chi connectivity index (χ0v) is 12.8. The summed E-state index contributed by atoms with van der Waals surface area (Å²) in [5.74, 6) is -0.293. The molecular formula is C16H25NO2. The summed E-state index contributed by atoms with van der Waals surface area (Å²) in [5.41, 5.74) is 1.56. The van der Waals surface area contributed by atoms with Gasteiger partial charge in [-0.2, -0.15) is 0 Å². The zero-order valence-electron chi connectivity index (χ0n) is 12.8. The zero-order chi connectivity index (χ0) is 14.8. The van der Waals surface area contributed by atoms with E-state index in [2.05, 4.69) is 38.1 Å². The van der Waals surface area contributed by atoms with Crippen LogP contribution in [0.25, 0.3) is 0 Å². The summed E-state index contributed by atoms with van der Waals surface area (Å²) in [4.78, 5) is 13.2. The van der Waals surface area contributed by atoms with Crippen molar-refractivity contribution in [2.45, 2.75) is 52.1 Å². The van der Waals surface area contributed by atoms with Crippen LogP contribution in [0.15, 0.2) is 24.3 Å². The van der Waals surface area contributed by atoms with Gasteiger partial charge in [-0.25, -0.2) is 0 Å². The lowest BCUT2D eigenvalue weighted by Gasteiger charge is -2.36. The third-order valence-corrected chi connectivity index (χ3v) is 4.07. The van der Waals surface area contributed by atoms with Gasteiger partial charge in [0.25, 0.3) is 0 Å². The van der Waals surface area contributed by atoms with Crippen LogP contribution in [0.1, 0.15) is 57.7 Å². The van der Waals surface area contributed by atoms with Crippen LogP contribution in [-0.2, 0) is 4.79 Å². The van der Waals surface area contributed by atoms with Gasteiger partial charge in [-0.15, -0.1) is 0 Å². The van der Waals surface area contributed by atoms with Gasteiger partial charge in [-0.05, 0) is 44.9 Å². The Bertz CT molecular complexity index is 435. The van der Waals surface area contributed by atoms with Gasteiger partial charge >= 0.3 is 5.97 Å². The Morgan fingerprint density at radius 3 is 1.89 bits per heavy atom. The molecule has 0 bridgehead atoms. The Hall–Kier alpha value is -1.35. The second-order valence-corrected chi connectivity index (χ2v) is 5.97. The van der Waals surface area contributed by atoms with Crippen molar-refractivity contribution in [3.63, 3.8) is 0 Å². The molecule has 1 aromatic rings. The number of carbonyl (C=O) groups is 1. The molecule has 106 valence electrons. The molecule has 0 fully saturated rings. The van der Waals surface area contributed by atoms with Gasteiger partial charge in [0.05, 0.1) is 0 Å². The minimum Gasteiger partial charge on any atom is -0.480 e. The number of hydrogen-bond acceptors (Lipinski definition) is 2. The van der Waals surface area contributed by atoms with Gasteiger partial charge < -0.3 is 5.11 Å². The van der Waals surface area contributed by atoms with E-state index in [0.717, 1.165) is 5.56 Å². The molecule has 0 saturated heterocycles. The molecule has 1 N–H and O–H groups in total. The summed E-state index contributed by atoms with van der Waals surface area (Å²) in [6.07, 6.45) is 0. The van der Waals surface area contributed by atoms with Crippen molar-refractivity contribution in [2.24, 2.45) is 0 Å². The lowest BCUT2D eigenvalue weighted by atomic mass is 9.96. The SMILES string of the molecule is CC(C)c1ccc(C(C)N(C)C(C)(C)C(=O)O)cc1. The van der Waals surface area contributed by atoms with E-state index in [0.29, 0.717) is 5.92 Å². The maximum absolute atomic E-state index is 11.3. The molecule has 1 rings (SSSR count). The van der Waals surface area contributed by atoms with Crippen LogP contribution in [-0.4, -0.2) is 28.6 Å². The molecule has 0 amide bonds. The van der Waals surface area contributed by atoms with E-state index in [1.165, 1.54) is 5.56 Å². The van der Waals surface area contributed by atoms with Crippen LogP contribution in [0, 0.1) is 0 Å². The fraction of sp³-hybridized carbons (Fsp3) is 0.562. The van der Waals surface area contributed by atoms with Crippen LogP contribution in [0.2, 0.25) is 0 Å². The average Bonchev–Trinajstić information content (AvgIpc) is 2.36. The highest BCUT2D eigenvalue weighted by molar-refractivity contribution is 5.77. The molecule has 1 unspecified atom stereocenters. The summed E-state index contributed by atoms with van der Waals surface area (Å²) in [7, 11) is 1.86. The van der Waals surface area contributed by atoms with Crippen molar-refractivity contribution in [3.05, 3.63) is 35.4 Å². The minimum absolute atomic E-state index is 0.0623. The maximum Gasteiger partial charge on any atom is 0.323 e. The van der Waals surface area contributed by atoms with Gasteiger partial charge in [-0.3, -0.25) is 9.69 Å². The summed E-state index contributed by atoms with van der Waals surface area (Å²) >= 11 is 0. The van der Waals surface area contributed by atoms with Crippen LogP contribution in [0.5, 0.6) is 0 Å². The predicted octanol–water partition coefficient (Wildman–Crippen LogP) is 3.67. The Labute approximate surface area is 116 Å². The van der Waals surface area contributed by atoms with E-state index in [4.69, 9.17) is 0 Å². The Balaban J connectivity index is 2.94. The van der Waals surface area contributed by atoms with E-state index in [9.17, 15) is 9.90 Å². The normalized spacial score (nSPS) is 13.9. The van der Waals surface area contributed by atoms with E-state index in [1.54, 1.807) is 13.8 Å². The molecule has 1 aromatic carbocycles. The standard InChI is InChI=1S/C16H25NO2/c1-11(2)13-7-9-14(10-8-13)12(3)17(6)16(4,5)15(18)19/h7-12H,1-6H3,(H,18,19). The topological polar surface area (TPSA) is 40.5 Å². The smallest absolute Gasteiger partial charge is 0.323 e. The number of rotatable bonds is 5. The molecule has 0 aliphatic heterocycles. The second-order valence-electron chi connectivity index (χ2n) is 5.97. The number of carboxylic acid groups (broad SMARTS) is 1. The molecule has 3 heteroatoms. The highest BCUT2D eigenvalue weighted by Crippen LogP contribution is 2.27. The van der Waals surface area contributed by atoms with E-state index in [-0.39, 0.29) is 6.04 Å². The molecule has 1 atom stereocenters. The quantitative estimate of drug-likeness (QED) is 0.881. The van der Waals surface area contributed by atoms with Crippen molar-refractivity contribution in [1.29, 1.82) is 0 Å². The van der Waals surface area contributed by atoms with Crippen molar-refractivity contribution in [3.8, 4) is 0 Å². The van der Waals surface area contributed by atoms with E-state index >= 15 is 0 Å². The number of nitrogens with zero attached hydrogens (tertiary/aromatic N) is 1. The lowest BCUT2D eigenvalue weighted by molar-refractivity contribution is -0.149. The van der Waals surface area contributed by atoms with Gasteiger partial charge in [0.1, 0.15) is 5.54 Å². The first kappa shape index (κ1) is 15.7. The van der Waals surface area contributed by atoms with Crippen molar-refractivity contribution in [1.82, 2.24) is 4.90 Å². The van der Waals surface area contributed by atoms with Crippen LogP contribution in [0.3, 0.4) is 0 Å². The molecule has 0 aromatic heterocycles. The van der Waals surface area contributed by atoms with Crippen LogP contribution in [0.4, 0.5) is 0 Å². The monoisotopic (exact) mass is 263 g/mol. The maximum atomic E-state index is 11.3. The van der Waals surface area contributed by atoms with E-state index < -0.39 is 11.5 Å². The number of hydrogen-bond donors (Lipinski definition) is 1. The van der Waals surface area contributed by atoms with Crippen molar-refractivity contribution >= 4 is 5.97 Å². The Kier molecular flexibility index (Phi) is 4.75. The van der Waals surface area contributed by atoms with Gasteiger partial charge in [0.2, 0.25) is 0 Å². The highest BCUT2D eigenvalue weighted by atomic mass is 16.4. The fourth-order valence-corrected chi connectivity index (χ4v) is 2.02. The van der Waals surface area contributed by atoms with Crippen molar-refractivity contribution < 1.29 is 9.90 Å². The number of benzene rings is 1. The van der Waals surface area contributed by atoms with Crippen LogP contribution >= 0.6 is 0 Å². The summed E-state index contributed by atoms with van der Waals surface area (Å²) in [6.45, 7) is 9.83. The largest absolute Gasteiger partial charge is 0.480 e. The number of likely N-dealkylation sites (N-methyl/N-ethyl adjacent to an activating group) is 1. The molecule has 19 heavy (non-hydrogen) atoms. The molecule has 3 nitrogen and oxygen atoms in total. The predicted molar refractivity (Wildman–Crippen MR) is 78.4 cm³/mol. The summed E-state index contributed by atoms with van der Waals surface area (Å²) in [6, 6.07) is 8.49. The molecule has 0 radical (unpaired) electrons. The number of aliphatic carboxylic acids is 1. The van der Waals surface area contributed by atoms with Gasteiger partial charge in [-0.1, -0.05) is 38.1 Å². The second kappa shape index (κ2) is 5.74. The lowest BCUT2D eigenvalue weighted by Crippen LogP contribution is -2.48. The first-order valence-electron chi connectivity index (χ1n) is 6.74. The molecule has 0 aliphatic rings. The van der Waals surface area contributed by atoms with E-state index in [1.807, 2.05) is 18.9 Å². The van der Waals surface area contributed by atoms with Crippen LogP contribution < -0.4 is 0 Å². The average molecular weight is 263 g/mol. The molecule has 0 spiro atoms. The first-order chi connectivity index (χ1) is 8.67. The first-order valence-corrected chi connectivity index (χ1v) is 6.74. The van der Waals surface area contributed by atoms with Gasteiger partial charge in [0, 0.05) is 6.04 Å².